The number of amides is 2. The fraction of sp³-hybridized carbons (Fsp3) is 0.355. The molecule has 2 amide bonds. The zero-order chi connectivity index (χ0) is 30.2. The molecule has 3 aromatic rings. The predicted molar refractivity (Wildman–Crippen MR) is 165 cm³/mol. The number of hydrogen-bond acceptors (Lipinski definition) is 5. The molecule has 0 spiro atoms. The summed E-state index contributed by atoms with van der Waals surface area (Å²) in [7, 11) is -4.15. The molecule has 0 aromatic heterocycles. The molecule has 3 rings (SSSR count). The lowest BCUT2D eigenvalue weighted by Gasteiger charge is -2.32. The number of nitrogens with zero attached hydrogens (tertiary/aromatic N) is 2. The topological polar surface area (TPSA) is 96.0 Å². The van der Waals surface area contributed by atoms with Crippen LogP contribution in [0, 0.1) is 6.92 Å². The van der Waals surface area contributed by atoms with Gasteiger partial charge in [0.2, 0.25) is 11.8 Å². The quantitative estimate of drug-likeness (QED) is 0.258. The van der Waals surface area contributed by atoms with Crippen LogP contribution in [0.3, 0.4) is 0 Å². The van der Waals surface area contributed by atoms with E-state index in [0.29, 0.717) is 18.0 Å². The number of ether oxygens (including phenoxy) is 1. The fourth-order valence-corrected chi connectivity index (χ4v) is 5.75. The van der Waals surface area contributed by atoms with Gasteiger partial charge in [0.15, 0.2) is 0 Å². The zero-order valence-corrected chi connectivity index (χ0v) is 26.5. The van der Waals surface area contributed by atoms with Crippen LogP contribution in [-0.2, 0) is 26.2 Å². The van der Waals surface area contributed by atoms with Crippen LogP contribution in [0.5, 0.6) is 5.75 Å². The van der Waals surface area contributed by atoms with E-state index >= 15 is 0 Å². The van der Waals surface area contributed by atoms with E-state index in [1.54, 1.807) is 43.3 Å². The SMILES string of the molecule is CCOc1ccc(S(=O)(=O)N(CC(=O)N(Cc2ccc(Br)cc2)[C@H](C)C(=O)N[C@@H](C)CC)c2ccc(C)cc2)cc1. The first-order chi connectivity index (χ1) is 19.5. The van der Waals surface area contributed by atoms with Crippen LogP contribution in [-0.4, -0.2) is 50.4 Å². The molecule has 0 saturated carbocycles. The van der Waals surface area contributed by atoms with E-state index in [2.05, 4.69) is 21.2 Å². The van der Waals surface area contributed by atoms with Crippen molar-refractivity contribution in [1.82, 2.24) is 10.2 Å². The summed E-state index contributed by atoms with van der Waals surface area (Å²) in [5.74, 6) is -0.262. The number of benzene rings is 3. The highest BCUT2D eigenvalue weighted by molar-refractivity contribution is 9.10. The molecule has 0 heterocycles. The molecule has 3 aromatic carbocycles. The Morgan fingerprint density at radius 3 is 2.10 bits per heavy atom. The van der Waals surface area contributed by atoms with Crippen LogP contribution in [0.2, 0.25) is 0 Å². The summed E-state index contributed by atoms with van der Waals surface area (Å²) in [5, 5.41) is 2.94. The summed E-state index contributed by atoms with van der Waals surface area (Å²) >= 11 is 3.42. The molecule has 0 saturated heterocycles. The largest absolute Gasteiger partial charge is 0.494 e. The molecule has 0 aliphatic carbocycles. The highest BCUT2D eigenvalue weighted by atomic mass is 79.9. The van der Waals surface area contributed by atoms with Crippen LogP contribution < -0.4 is 14.4 Å². The lowest BCUT2D eigenvalue weighted by Crippen LogP contribution is -2.52. The van der Waals surface area contributed by atoms with Gasteiger partial charge in [-0.05, 0) is 88.2 Å². The molecule has 220 valence electrons. The van der Waals surface area contributed by atoms with Gasteiger partial charge in [0, 0.05) is 17.1 Å². The van der Waals surface area contributed by atoms with E-state index in [0.717, 1.165) is 26.3 Å². The molecular weight excluding hydrogens is 606 g/mol. The highest BCUT2D eigenvalue weighted by Gasteiger charge is 2.32. The summed E-state index contributed by atoms with van der Waals surface area (Å²) in [4.78, 5) is 28.6. The van der Waals surface area contributed by atoms with Gasteiger partial charge in [-0.1, -0.05) is 52.7 Å². The molecule has 8 nitrogen and oxygen atoms in total. The molecule has 0 aliphatic rings. The average Bonchev–Trinajstić information content (AvgIpc) is 2.96. The van der Waals surface area contributed by atoms with Gasteiger partial charge in [-0.2, -0.15) is 0 Å². The standard InChI is InChI=1S/C31H38BrN3O5S/c1-6-23(4)33-31(37)24(5)34(20-25-10-12-26(32)13-11-25)30(36)21-35(27-14-8-22(3)9-15-27)41(38,39)29-18-16-28(17-19-29)40-7-2/h8-19,23-24H,6-7,20-21H2,1-5H3,(H,33,37)/t23-,24+/m0/s1. The minimum atomic E-state index is -4.15. The van der Waals surface area contributed by atoms with Crippen molar-refractivity contribution in [3.8, 4) is 5.75 Å². The maximum atomic E-state index is 14.0. The Morgan fingerprint density at radius 2 is 1.54 bits per heavy atom. The number of carbonyl (C=O) groups is 2. The van der Waals surface area contributed by atoms with E-state index in [1.807, 2.05) is 52.0 Å². The molecule has 41 heavy (non-hydrogen) atoms. The van der Waals surface area contributed by atoms with Crippen molar-refractivity contribution in [2.75, 3.05) is 17.5 Å². The molecule has 0 unspecified atom stereocenters. The predicted octanol–water partition coefficient (Wildman–Crippen LogP) is 5.68. The lowest BCUT2D eigenvalue weighted by molar-refractivity contribution is -0.139. The third kappa shape index (κ3) is 8.56. The third-order valence-corrected chi connectivity index (χ3v) is 9.07. The number of halogens is 1. The van der Waals surface area contributed by atoms with Crippen LogP contribution in [0.15, 0.2) is 82.2 Å². The van der Waals surface area contributed by atoms with E-state index in [-0.39, 0.29) is 23.4 Å². The maximum absolute atomic E-state index is 14.0. The first kappa shape index (κ1) is 32.1. The van der Waals surface area contributed by atoms with Gasteiger partial charge in [-0.15, -0.1) is 0 Å². The Labute approximate surface area is 251 Å². The molecule has 10 heteroatoms. The number of hydrogen-bond donors (Lipinski definition) is 1. The first-order valence-corrected chi connectivity index (χ1v) is 15.9. The van der Waals surface area contributed by atoms with Gasteiger partial charge in [0.05, 0.1) is 17.2 Å². The van der Waals surface area contributed by atoms with Crippen LogP contribution in [0.25, 0.3) is 0 Å². The third-order valence-electron chi connectivity index (χ3n) is 6.76. The molecule has 0 fully saturated rings. The van der Waals surface area contributed by atoms with Gasteiger partial charge in [0.1, 0.15) is 18.3 Å². The van der Waals surface area contributed by atoms with Gasteiger partial charge < -0.3 is 15.0 Å². The van der Waals surface area contributed by atoms with Crippen LogP contribution >= 0.6 is 15.9 Å². The monoisotopic (exact) mass is 643 g/mol. The minimum Gasteiger partial charge on any atom is -0.494 e. The van der Waals surface area contributed by atoms with Crippen molar-refractivity contribution in [2.45, 2.75) is 64.6 Å². The number of aryl methyl sites for hydroxylation is 1. The Bertz CT molecular complexity index is 1410. The smallest absolute Gasteiger partial charge is 0.264 e. The molecule has 2 atom stereocenters. The summed E-state index contributed by atoms with van der Waals surface area (Å²) < 4.78 is 35.4. The Hall–Kier alpha value is -3.37. The molecular formula is C31H38BrN3O5S. The maximum Gasteiger partial charge on any atom is 0.264 e. The summed E-state index contributed by atoms with van der Waals surface area (Å²) in [6.45, 7) is 9.36. The summed E-state index contributed by atoms with van der Waals surface area (Å²) in [5.41, 5.74) is 2.10. The normalized spacial score (nSPS) is 12.7. The number of anilines is 1. The molecule has 0 radical (unpaired) electrons. The fourth-order valence-electron chi connectivity index (χ4n) is 4.08. The molecule has 1 N–H and O–H groups in total. The van der Waals surface area contributed by atoms with Crippen molar-refractivity contribution < 1.29 is 22.7 Å². The second-order valence-electron chi connectivity index (χ2n) is 9.89. The Balaban J connectivity index is 2.01. The van der Waals surface area contributed by atoms with E-state index in [9.17, 15) is 18.0 Å². The first-order valence-electron chi connectivity index (χ1n) is 13.6. The van der Waals surface area contributed by atoms with Gasteiger partial charge in [-0.25, -0.2) is 8.42 Å². The van der Waals surface area contributed by atoms with E-state index < -0.39 is 28.5 Å². The molecule has 0 bridgehead atoms. The van der Waals surface area contributed by atoms with E-state index in [4.69, 9.17) is 4.74 Å². The average molecular weight is 645 g/mol. The van der Waals surface area contributed by atoms with Crippen molar-refractivity contribution in [2.24, 2.45) is 0 Å². The van der Waals surface area contributed by atoms with Crippen molar-refractivity contribution >= 4 is 43.5 Å². The van der Waals surface area contributed by atoms with E-state index in [1.165, 1.54) is 17.0 Å². The number of carbonyl (C=O) groups excluding carboxylic acids is 2. The summed E-state index contributed by atoms with van der Waals surface area (Å²) in [6.07, 6.45) is 0.737. The number of sulfonamides is 1. The van der Waals surface area contributed by atoms with Crippen LogP contribution in [0.1, 0.15) is 45.2 Å². The van der Waals surface area contributed by atoms with Crippen molar-refractivity contribution in [3.05, 3.63) is 88.4 Å². The minimum absolute atomic E-state index is 0.0244. The number of nitrogens with one attached hydrogen (secondary N) is 1. The van der Waals surface area contributed by atoms with Gasteiger partial charge in [-0.3, -0.25) is 13.9 Å². The summed E-state index contributed by atoms with van der Waals surface area (Å²) in [6, 6.07) is 19.6. The van der Waals surface area contributed by atoms with Gasteiger partial charge >= 0.3 is 0 Å². The molecule has 0 aliphatic heterocycles. The van der Waals surface area contributed by atoms with Gasteiger partial charge in [0.25, 0.3) is 10.0 Å². The second-order valence-corrected chi connectivity index (χ2v) is 12.7. The van der Waals surface area contributed by atoms with Crippen LogP contribution in [0.4, 0.5) is 5.69 Å². The zero-order valence-electron chi connectivity index (χ0n) is 24.1. The Kier molecular flexibility index (Phi) is 11.4. The highest BCUT2D eigenvalue weighted by Crippen LogP contribution is 2.26. The number of rotatable bonds is 13. The van der Waals surface area contributed by atoms with Crippen molar-refractivity contribution in [1.29, 1.82) is 0 Å². The second kappa shape index (κ2) is 14.5. The van der Waals surface area contributed by atoms with Crippen molar-refractivity contribution in [3.63, 3.8) is 0 Å². The Morgan fingerprint density at radius 1 is 0.927 bits per heavy atom. The lowest BCUT2D eigenvalue weighted by atomic mass is 10.1.